The first-order valence-corrected chi connectivity index (χ1v) is 6.55. The zero-order chi connectivity index (χ0) is 11.8. The topological polar surface area (TPSA) is 54.4 Å². The van der Waals surface area contributed by atoms with Crippen molar-refractivity contribution in [3.05, 3.63) is 42.0 Å². The fraction of sp³-hybridized carbons (Fsp3) is 0.0909. The maximum absolute atomic E-state index is 11.3. The van der Waals surface area contributed by atoms with Gasteiger partial charge in [0.1, 0.15) is 4.90 Å². The van der Waals surface area contributed by atoms with Gasteiger partial charge in [0.05, 0.1) is 0 Å². The van der Waals surface area contributed by atoms with E-state index in [1.807, 2.05) is 0 Å². The number of hydrogen-bond acceptors (Lipinski definition) is 2. The molecule has 2 aromatic rings. The van der Waals surface area contributed by atoms with Crippen molar-refractivity contribution < 1.29 is 13.0 Å². The molecule has 1 N–H and O–H groups in total. The molecule has 0 fully saturated rings. The van der Waals surface area contributed by atoms with Crippen LogP contribution in [0.3, 0.4) is 0 Å². The Balaban J connectivity index is 2.95. The van der Waals surface area contributed by atoms with E-state index in [-0.39, 0.29) is 10.8 Å². The van der Waals surface area contributed by atoms with Crippen molar-refractivity contribution in [1.82, 2.24) is 0 Å². The molecule has 0 saturated heterocycles. The van der Waals surface area contributed by atoms with Gasteiger partial charge in [0.25, 0.3) is 10.1 Å². The van der Waals surface area contributed by atoms with Crippen molar-refractivity contribution in [3.63, 3.8) is 0 Å². The van der Waals surface area contributed by atoms with E-state index in [0.717, 1.165) is 5.39 Å². The van der Waals surface area contributed by atoms with Gasteiger partial charge < -0.3 is 0 Å². The molecule has 0 aromatic heterocycles. The average Bonchev–Trinajstić information content (AvgIpc) is 2.26. The number of fused-ring (bicyclic) bond motifs is 1. The van der Waals surface area contributed by atoms with Crippen molar-refractivity contribution >= 4 is 32.5 Å². The lowest BCUT2D eigenvalue weighted by molar-refractivity contribution is 0.483. The van der Waals surface area contributed by atoms with Crippen LogP contribution < -0.4 is 0 Å². The Bertz CT molecular complexity index is 635. The lowest BCUT2D eigenvalue weighted by Gasteiger charge is -2.08. The highest BCUT2D eigenvalue weighted by molar-refractivity contribution is 7.86. The maximum atomic E-state index is 11.3. The summed E-state index contributed by atoms with van der Waals surface area (Å²) in [5.41, 5.74) is 0.405. The van der Waals surface area contributed by atoms with Crippen LogP contribution in [-0.2, 0) is 16.0 Å². The van der Waals surface area contributed by atoms with Crippen molar-refractivity contribution in [2.45, 2.75) is 10.8 Å². The molecule has 0 atom stereocenters. The van der Waals surface area contributed by atoms with Crippen LogP contribution in [0.15, 0.2) is 41.3 Å². The molecule has 0 aliphatic rings. The minimum atomic E-state index is -4.26. The first-order valence-electron chi connectivity index (χ1n) is 4.58. The van der Waals surface area contributed by atoms with Gasteiger partial charge in [-0.3, -0.25) is 4.55 Å². The van der Waals surface area contributed by atoms with Gasteiger partial charge in [-0.25, -0.2) is 0 Å². The summed E-state index contributed by atoms with van der Waals surface area (Å²) in [5.74, 6) is 0.0416. The van der Waals surface area contributed by atoms with Crippen LogP contribution in [-0.4, -0.2) is 13.0 Å². The fourth-order valence-corrected chi connectivity index (χ4v) is 2.94. The molecule has 0 aliphatic carbocycles. The summed E-state index contributed by atoms with van der Waals surface area (Å²) < 4.78 is 31.9. The molecule has 0 radical (unpaired) electrons. The third kappa shape index (κ3) is 1.91. The molecule has 0 unspecified atom stereocenters. The summed E-state index contributed by atoms with van der Waals surface area (Å²) in [6, 6.07) is 10.3. The Morgan fingerprint density at radius 2 is 1.81 bits per heavy atom. The molecule has 0 heterocycles. The van der Waals surface area contributed by atoms with Crippen molar-refractivity contribution in [2.24, 2.45) is 0 Å². The first kappa shape index (κ1) is 11.4. The second kappa shape index (κ2) is 4.05. The zero-order valence-corrected chi connectivity index (χ0v) is 9.79. The smallest absolute Gasteiger partial charge is 0.282 e. The predicted molar refractivity (Wildman–Crippen MR) is 63.3 cm³/mol. The number of alkyl halides is 1. The molecule has 5 heteroatoms. The highest BCUT2D eigenvalue weighted by Crippen LogP contribution is 2.27. The fourth-order valence-electron chi connectivity index (χ4n) is 1.70. The van der Waals surface area contributed by atoms with Gasteiger partial charge in [0, 0.05) is 11.3 Å². The number of halogens is 1. The Morgan fingerprint density at radius 3 is 2.44 bits per heavy atom. The van der Waals surface area contributed by atoms with Crippen molar-refractivity contribution in [3.8, 4) is 0 Å². The molecule has 2 aromatic carbocycles. The normalized spacial score (nSPS) is 11.9. The highest BCUT2D eigenvalue weighted by atomic mass is 35.5. The molecule has 3 nitrogen and oxygen atoms in total. The summed E-state index contributed by atoms with van der Waals surface area (Å²) in [7, 11) is -4.26. The standard InChI is InChI=1S/C11H9ClO3S/c12-7-9-6-5-8-3-1-2-4-10(8)11(9)16(13,14)15/h1-6H,7H2,(H,13,14,15). The molecule has 0 bridgehead atoms. The van der Waals surface area contributed by atoms with E-state index in [1.54, 1.807) is 36.4 Å². The molecular weight excluding hydrogens is 248 g/mol. The van der Waals surface area contributed by atoms with Gasteiger partial charge in [0.15, 0.2) is 0 Å². The van der Waals surface area contributed by atoms with Crippen molar-refractivity contribution in [1.29, 1.82) is 0 Å². The second-order valence-electron chi connectivity index (χ2n) is 3.38. The molecule has 0 amide bonds. The van der Waals surface area contributed by atoms with Crippen LogP contribution in [0.25, 0.3) is 10.8 Å². The Kier molecular flexibility index (Phi) is 2.88. The van der Waals surface area contributed by atoms with Crippen LogP contribution in [0.2, 0.25) is 0 Å². The lowest BCUT2D eigenvalue weighted by atomic mass is 10.1. The van der Waals surface area contributed by atoms with Crippen LogP contribution in [0, 0.1) is 0 Å². The summed E-state index contributed by atoms with van der Waals surface area (Å²) >= 11 is 5.66. The van der Waals surface area contributed by atoms with Gasteiger partial charge in [-0.1, -0.05) is 36.4 Å². The average molecular weight is 257 g/mol. The van der Waals surface area contributed by atoms with Gasteiger partial charge in [-0.15, -0.1) is 11.6 Å². The van der Waals surface area contributed by atoms with Gasteiger partial charge in [0.2, 0.25) is 0 Å². The number of hydrogen-bond donors (Lipinski definition) is 1. The Hall–Kier alpha value is -1.10. The quantitative estimate of drug-likeness (QED) is 0.664. The zero-order valence-electron chi connectivity index (χ0n) is 8.22. The van der Waals surface area contributed by atoms with E-state index in [0.29, 0.717) is 10.9 Å². The molecule has 84 valence electrons. The highest BCUT2D eigenvalue weighted by Gasteiger charge is 2.18. The Labute approximate surface area is 98.4 Å². The van der Waals surface area contributed by atoms with Crippen LogP contribution in [0.1, 0.15) is 5.56 Å². The largest absolute Gasteiger partial charge is 0.295 e. The van der Waals surface area contributed by atoms with Crippen molar-refractivity contribution in [2.75, 3.05) is 0 Å². The van der Waals surface area contributed by atoms with E-state index in [2.05, 4.69) is 0 Å². The first-order chi connectivity index (χ1) is 7.54. The van der Waals surface area contributed by atoms with E-state index in [4.69, 9.17) is 11.6 Å². The number of benzene rings is 2. The molecule has 2 rings (SSSR count). The molecule has 0 aliphatic heterocycles. The van der Waals surface area contributed by atoms with Crippen LogP contribution in [0.4, 0.5) is 0 Å². The van der Waals surface area contributed by atoms with Gasteiger partial charge in [-0.05, 0) is 10.9 Å². The van der Waals surface area contributed by atoms with Gasteiger partial charge in [-0.2, -0.15) is 8.42 Å². The van der Waals surface area contributed by atoms with Crippen LogP contribution in [0.5, 0.6) is 0 Å². The Morgan fingerprint density at radius 1 is 1.12 bits per heavy atom. The molecule has 0 spiro atoms. The second-order valence-corrected chi connectivity index (χ2v) is 5.01. The van der Waals surface area contributed by atoms with Crippen LogP contribution >= 0.6 is 11.6 Å². The lowest BCUT2D eigenvalue weighted by Crippen LogP contribution is -2.03. The molecular formula is C11H9ClO3S. The van der Waals surface area contributed by atoms with E-state index in [9.17, 15) is 13.0 Å². The maximum Gasteiger partial charge on any atom is 0.295 e. The van der Waals surface area contributed by atoms with E-state index >= 15 is 0 Å². The molecule has 0 saturated carbocycles. The minimum absolute atomic E-state index is 0.0416. The minimum Gasteiger partial charge on any atom is -0.282 e. The summed E-state index contributed by atoms with van der Waals surface area (Å²) in [6.45, 7) is 0. The van der Waals surface area contributed by atoms with E-state index in [1.165, 1.54) is 0 Å². The summed E-state index contributed by atoms with van der Waals surface area (Å²) in [4.78, 5) is -0.0967. The third-order valence-electron chi connectivity index (χ3n) is 2.36. The third-order valence-corrected chi connectivity index (χ3v) is 3.65. The monoisotopic (exact) mass is 256 g/mol. The molecule has 16 heavy (non-hydrogen) atoms. The predicted octanol–water partition coefficient (Wildman–Crippen LogP) is 2.83. The summed E-state index contributed by atoms with van der Waals surface area (Å²) in [6.07, 6.45) is 0. The summed E-state index contributed by atoms with van der Waals surface area (Å²) in [5, 5.41) is 1.24. The SMILES string of the molecule is O=S(=O)(O)c1c(CCl)ccc2ccccc12. The van der Waals surface area contributed by atoms with E-state index < -0.39 is 10.1 Å². The number of rotatable bonds is 2. The van der Waals surface area contributed by atoms with Gasteiger partial charge >= 0.3 is 0 Å².